The number of aryl methyl sites for hydroxylation is 1. The van der Waals surface area contributed by atoms with Crippen LogP contribution in [0.25, 0.3) is 22.5 Å². The quantitative estimate of drug-likeness (QED) is 0.181. The number of benzene rings is 3. The number of ether oxygens (including phenoxy) is 1. The molecule has 1 unspecified atom stereocenters. The van der Waals surface area contributed by atoms with Gasteiger partial charge in [0.2, 0.25) is 8.32 Å². The highest BCUT2D eigenvalue weighted by atomic mass is 28.4. The molecule has 1 heterocycles. The minimum Gasteiger partial charge on any atom is -0.543 e. The standard InChI is InChI=1S/C35H40N2O6Si/c1-22-30(36-33(40)41-23(2)27-9-8-10-29(21-27)43-44(6,7)34(3,4)5)31(42-37-22)26-13-11-24(12-14-26)25-15-17-28(18-16-25)35(19-20-35)32(38)39/h8-18,21,23H,19-20H2,1-7H3,(H,36,40)(H,38,39). The molecule has 9 heteroatoms. The van der Waals surface area contributed by atoms with Crippen LogP contribution in [-0.2, 0) is 14.9 Å². The lowest BCUT2D eigenvalue weighted by Crippen LogP contribution is -2.43. The third-order valence-corrected chi connectivity index (χ3v) is 13.3. The second kappa shape index (κ2) is 11.6. The molecule has 0 bridgehead atoms. The number of amides is 1. The van der Waals surface area contributed by atoms with Crippen LogP contribution in [0.5, 0.6) is 5.75 Å². The SMILES string of the molecule is Cc1noc(-c2ccc(-c3ccc(C4(C(=O)O)CC4)cc3)cc2)c1NC(=O)OC(C)c1cccc(O[Si](C)(C)C(C)(C)C)c1. The minimum absolute atomic E-state index is 0.0635. The lowest BCUT2D eigenvalue weighted by atomic mass is 9.93. The molecule has 1 aliphatic carbocycles. The minimum atomic E-state index is -2.01. The number of nitrogens with one attached hydrogen (secondary N) is 1. The van der Waals surface area contributed by atoms with Gasteiger partial charge in [-0.3, -0.25) is 10.1 Å². The summed E-state index contributed by atoms with van der Waals surface area (Å²) in [7, 11) is -2.01. The zero-order valence-electron chi connectivity index (χ0n) is 26.4. The molecular weight excluding hydrogens is 572 g/mol. The van der Waals surface area contributed by atoms with Gasteiger partial charge in [-0.25, -0.2) is 4.79 Å². The second-order valence-corrected chi connectivity index (χ2v) is 17.8. The van der Waals surface area contributed by atoms with Gasteiger partial charge in [-0.2, -0.15) is 0 Å². The van der Waals surface area contributed by atoms with Crippen LogP contribution in [0.3, 0.4) is 0 Å². The predicted octanol–water partition coefficient (Wildman–Crippen LogP) is 9.13. The van der Waals surface area contributed by atoms with E-state index in [1.807, 2.05) is 79.7 Å². The number of aliphatic carboxylic acids is 1. The number of aromatic nitrogens is 1. The summed E-state index contributed by atoms with van der Waals surface area (Å²) in [5, 5.41) is 16.5. The summed E-state index contributed by atoms with van der Waals surface area (Å²) in [6.45, 7) is 14.6. The first-order valence-corrected chi connectivity index (χ1v) is 17.8. The number of anilines is 1. The van der Waals surface area contributed by atoms with Crippen LogP contribution in [0, 0.1) is 6.92 Å². The van der Waals surface area contributed by atoms with Crippen molar-refractivity contribution in [1.29, 1.82) is 0 Å². The topological polar surface area (TPSA) is 111 Å². The molecule has 2 N–H and O–H groups in total. The largest absolute Gasteiger partial charge is 0.543 e. The Morgan fingerprint density at radius 2 is 1.57 bits per heavy atom. The Kier molecular flexibility index (Phi) is 8.20. The Bertz CT molecular complexity index is 1660. The number of rotatable bonds is 9. The van der Waals surface area contributed by atoms with Gasteiger partial charge in [-0.15, -0.1) is 0 Å². The molecule has 8 nitrogen and oxygen atoms in total. The average Bonchev–Trinajstić information content (AvgIpc) is 3.72. The van der Waals surface area contributed by atoms with Crippen molar-refractivity contribution >= 4 is 26.1 Å². The maximum Gasteiger partial charge on any atom is 0.412 e. The van der Waals surface area contributed by atoms with E-state index in [-0.39, 0.29) is 5.04 Å². The number of nitrogens with zero attached hydrogens (tertiary/aromatic N) is 1. The van der Waals surface area contributed by atoms with Crippen molar-refractivity contribution in [2.45, 2.75) is 77.1 Å². The van der Waals surface area contributed by atoms with E-state index in [4.69, 9.17) is 13.7 Å². The monoisotopic (exact) mass is 612 g/mol. The van der Waals surface area contributed by atoms with Gasteiger partial charge in [0, 0.05) is 5.56 Å². The fourth-order valence-corrected chi connectivity index (χ4v) is 5.92. The molecule has 0 aliphatic heterocycles. The van der Waals surface area contributed by atoms with Gasteiger partial charge < -0.3 is 18.8 Å². The lowest BCUT2D eigenvalue weighted by molar-refractivity contribution is -0.140. The van der Waals surface area contributed by atoms with Gasteiger partial charge >= 0.3 is 12.1 Å². The summed E-state index contributed by atoms with van der Waals surface area (Å²) in [6, 6.07) is 23.1. The van der Waals surface area contributed by atoms with Crippen molar-refractivity contribution in [3.8, 4) is 28.2 Å². The number of carbonyl (C=O) groups excluding carboxylic acids is 1. The Balaban J connectivity index is 1.26. The Labute approximate surface area is 259 Å². The maximum atomic E-state index is 13.0. The summed E-state index contributed by atoms with van der Waals surface area (Å²) < 4.78 is 17.8. The maximum absolute atomic E-state index is 13.0. The van der Waals surface area contributed by atoms with Crippen molar-refractivity contribution in [1.82, 2.24) is 5.16 Å². The predicted molar refractivity (Wildman–Crippen MR) is 173 cm³/mol. The van der Waals surface area contributed by atoms with E-state index in [1.165, 1.54) is 0 Å². The Morgan fingerprint density at radius 3 is 2.14 bits per heavy atom. The first kappa shape index (κ1) is 31.1. The highest BCUT2D eigenvalue weighted by Crippen LogP contribution is 2.48. The number of carboxylic acids is 1. The number of carboxylic acid groups (broad SMARTS) is 1. The molecule has 230 valence electrons. The molecule has 1 fully saturated rings. The van der Waals surface area contributed by atoms with Crippen molar-refractivity contribution in [3.63, 3.8) is 0 Å². The molecule has 0 spiro atoms. The van der Waals surface area contributed by atoms with Gasteiger partial charge in [0.05, 0.1) is 5.41 Å². The molecule has 3 aromatic carbocycles. The van der Waals surface area contributed by atoms with Gasteiger partial charge in [-0.1, -0.05) is 86.6 Å². The summed E-state index contributed by atoms with van der Waals surface area (Å²) in [6.07, 6.45) is 0.217. The van der Waals surface area contributed by atoms with E-state index in [0.717, 1.165) is 33.6 Å². The molecule has 1 amide bonds. The zero-order valence-corrected chi connectivity index (χ0v) is 27.4. The van der Waals surface area contributed by atoms with E-state index >= 15 is 0 Å². The van der Waals surface area contributed by atoms with Crippen LogP contribution >= 0.6 is 0 Å². The van der Waals surface area contributed by atoms with E-state index in [0.29, 0.717) is 30.0 Å². The molecule has 0 radical (unpaired) electrons. The Morgan fingerprint density at radius 1 is 0.977 bits per heavy atom. The molecule has 1 saturated carbocycles. The first-order valence-electron chi connectivity index (χ1n) is 14.9. The fourth-order valence-electron chi connectivity index (χ4n) is 4.90. The molecule has 5 rings (SSSR count). The molecule has 44 heavy (non-hydrogen) atoms. The van der Waals surface area contributed by atoms with Crippen LogP contribution in [-0.4, -0.2) is 30.6 Å². The smallest absolute Gasteiger partial charge is 0.412 e. The first-order chi connectivity index (χ1) is 20.7. The van der Waals surface area contributed by atoms with Crippen LogP contribution in [0.15, 0.2) is 77.3 Å². The zero-order chi connectivity index (χ0) is 31.9. The summed E-state index contributed by atoms with van der Waals surface area (Å²) >= 11 is 0. The van der Waals surface area contributed by atoms with Crippen molar-refractivity contribution in [2.24, 2.45) is 0 Å². The molecule has 0 saturated heterocycles. The van der Waals surface area contributed by atoms with E-state index < -0.39 is 31.9 Å². The Hall–Kier alpha value is -4.37. The van der Waals surface area contributed by atoms with Gasteiger partial charge in [0.15, 0.2) is 5.76 Å². The van der Waals surface area contributed by atoms with Gasteiger partial charge in [0.25, 0.3) is 0 Å². The van der Waals surface area contributed by atoms with Crippen LogP contribution < -0.4 is 9.74 Å². The van der Waals surface area contributed by atoms with Crippen molar-refractivity contribution in [2.75, 3.05) is 5.32 Å². The van der Waals surface area contributed by atoms with E-state index in [1.54, 1.807) is 6.92 Å². The number of hydrogen-bond donors (Lipinski definition) is 2. The highest BCUT2D eigenvalue weighted by Gasteiger charge is 2.51. The van der Waals surface area contributed by atoms with E-state index in [2.05, 4.69) is 44.3 Å². The van der Waals surface area contributed by atoms with Crippen molar-refractivity contribution < 1.29 is 28.4 Å². The lowest BCUT2D eigenvalue weighted by Gasteiger charge is -2.36. The number of hydrogen-bond acceptors (Lipinski definition) is 6. The van der Waals surface area contributed by atoms with Crippen molar-refractivity contribution in [3.05, 3.63) is 89.6 Å². The van der Waals surface area contributed by atoms with E-state index in [9.17, 15) is 14.7 Å². The number of carbonyl (C=O) groups is 2. The summed E-state index contributed by atoms with van der Waals surface area (Å²) in [5.41, 5.74) is 4.61. The summed E-state index contributed by atoms with van der Waals surface area (Å²) in [4.78, 5) is 24.6. The van der Waals surface area contributed by atoms with Gasteiger partial charge in [0.1, 0.15) is 23.2 Å². The molecule has 1 aliphatic rings. The highest BCUT2D eigenvalue weighted by molar-refractivity contribution is 6.74. The normalized spacial score (nSPS) is 14.9. The molecule has 4 aromatic rings. The van der Waals surface area contributed by atoms with Crippen LogP contribution in [0.2, 0.25) is 18.1 Å². The molecule has 1 aromatic heterocycles. The third-order valence-electron chi connectivity index (χ3n) is 8.96. The van der Waals surface area contributed by atoms with Crippen LogP contribution in [0.1, 0.15) is 63.5 Å². The van der Waals surface area contributed by atoms with Crippen LogP contribution in [0.4, 0.5) is 10.5 Å². The fraction of sp³-hybridized carbons (Fsp3) is 0.343. The molecular formula is C35H40N2O6Si. The van der Waals surface area contributed by atoms with Gasteiger partial charge in [-0.05, 0) is 79.2 Å². The average molecular weight is 613 g/mol. The second-order valence-electron chi connectivity index (χ2n) is 13.1. The summed E-state index contributed by atoms with van der Waals surface area (Å²) in [5.74, 6) is 0.435. The molecule has 1 atom stereocenters. The third kappa shape index (κ3) is 6.28.